The largest absolute Gasteiger partial charge is 0.370 e. The number of nitrogens with zero attached hydrogens (tertiary/aromatic N) is 3. The second kappa shape index (κ2) is 9.98. The van der Waals surface area contributed by atoms with Gasteiger partial charge in [-0.05, 0) is 58.6 Å². The molecule has 1 aromatic carbocycles. The molecule has 3 rings (SSSR count). The van der Waals surface area contributed by atoms with Crippen molar-refractivity contribution in [2.45, 2.75) is 64.4 Å². The summed E-state index contributed by atoms with van der Waals surface area (Å²) < 4.78 is 34.1. The Labute approximate surface area is 187 Å². The minimum atomic E-state index is -3.60. The molecule has 0 spiro atoms. The van der Waals surface area contributed by atoms with E-state index in [-0.39, 0.29) is 25.2 Å². The summed E-state index contributed by atoms with van der Waals surface area (Å²) in [7, 11) is -3.60. The number of piperazine rings is 1. The molecule has 31 heavy (non-hydrogen) atoms. The molecule has 1 atom stereocenters. The average molecular weight is 452 g/mol. The highest BCUT2D eigenvalue weighted by Crippen LogP contribution is 2.30. The number of benzene rings is 1. The maximum Gasteiger partial charge on any atom is 0.248 e. The average Bonchev–Trinajstić information content (AvgIpc) is 3.16. The summed E-state index contributed by atoms with van der Waals surface area (Å²) in [5.74, 6) is -0.0129. The van der Waals surface area contributed by atoms with Gasteiger partial charge in [-0.15, -0.1) is 0 Å². The van der Waals surface area contributed by atoms with Crippen molar-refractivity contribution < 1.29 is 17.9 Å². The molecule has 2 fully saturated rings. The molecule has 0 unspecified atom stereocenters. The summed E-state index contributed by atoms with van der Waals surface area (Å²) in [6.07, 6.45) is 1.56. The molecule has 174 valence electrons. The van der Waals surface area contributed by atoms with Gasteiger partial charge in [-0.1, -0.05) is 17.7 Å². The highest BCUT2D eigenvalue weighted by Gasteiger charge is 2.37. The van der Waals surface area contributed by atoms with E-state index in [0.717, 1.165) is 55.7 Å². The van der Waals surface area contributed by atoms with Crippen molar-refractivity contribution in [1.82, 2.24) is 14.1 Å². The number of ether oxygens (including phenoxy) is 1. The Morgan fingerprint density at radius 1 is 1.06 bits per heavy atom. The van der Waals surface area contributed by atoms with Crippen molar-refractivity contribution in [3.63, 3.8) is 0 Å². The number of hydrogen-bond acceptors (Lipinski definition) is 5. The van der Waals surface area contributed by atoms with E-state index in [4.69, 9.17) is 4.74 Å². The summed E-state index contributed by atoms with van der Waals surface area (Å²) >= 11 is 0. The molecule has 2 aliphatic heterocycles. The first-order valence-electron chi connectivity index (χ1n) is 11.3. The number of hydrogen-bond donors (Lipinski definition) is 0. The van der Waals surface area contributed by atoms with Crippen LogP contribution in [0, 0.1) is 20.8 Å². The van der Waals surface area contributed by atoms with Gasteiger partial charge in [0.15, 0.2) is 0 Å². The summed E-state index contributed by atoms with van der Waals surface area (Å²) in [5, 5.41) is 0. The summed E-state index contributed by atoms with van der Waals surface area (Å²) in [4.78, 5) is 17.1. The molecular formula is C23H37N3O4S. The fraction of sp³-hybridized carbons (Fsp3) is 0.696. The Balaban J connectivity index is 1.57. The van der Waals surface area contributed by atoms with E-state index in [9.17, 15) is 13.2 Å². The highest BCUT2D eigenvalue weighted by molar-refractivity contribution is 7.89. The molecule has 1 aromatic rings. The molecule has 0 N–H and O–H groups in total. The molecule has 2 aliphatic rings. The van der Waals surface area contributed by atoms with Crippen LogP contribution >= 0.6 is 0 Å². The number of carbonyl (C=O) groups is 1. The lowest BCUT2D eigenvalue weighted by atomic mass is 10.1. The number of aryl methyl sites for hydroxylation is 3. The third-order valence-corrected chi connectivity index (χ3v) is 8.69. The van der Waals surface area contributed by atoms with E-state index in [2.05, 4.69) is 18.7 Å². The van der Waals surface area contributed by atoms with Gasteiger partial charge in [-0.2, -0.15) is 4.31 Å². The zero-order chi connectivity index (χ0) is 22.8. The first-order chi connectivity index (χ1) is 14.6. The molecule has 0 radical (unpaired) electrons. The van der Waals surface area contributed by atoms with Crippen molar-refractivity contribution in [3.8, 4) is 0 Å². The minimum absolute atomic E-state index is 0.00858. The SMILES string of the molecule is Cc1cc(C)c(S(=O)(=O)N2CCC[C@@H]2COCC(=O)N2CCN(C(C)C)CC2)c(C)c1. The van der Waals surface area contributed by atoms with Crippen LogP contribution in [0.15, 0.2) is 17.0 Å². The Morgan fingerprint density at radius 2 is 1.68 bits per heavy atom. The second-order valence-corrected chi connectivity index (χ2v) is 11.0. The summed E-state index contributed by atoms with van der Waals surface area (Å²) in [6.45, 7) is 14.0. The Morgan fingerprint density at radius 3 is 2.26 bits per heavy atom. The van der Waals surface area contributed by atoms with Crippen LogP contribution in [0.2, 0.25) is 0 Å². The molecule has 7 nitrogen and oxygen atoms in total. The summed E-state index contributed by atoms with van der Waals surface area (Å²) in [6, 6.07) is 4.10. The second-order valence-electron chi connectivity index (χ2n) is 9.17. The maximum absolute atomic E-state index is 13.4. The van der Waals surface area contributed by atoms with Crippen molar-refractivity contribution >= 4 is 15.9 Å². The predicted octanol–water partition coefficient (Wildman–Crippen LogP) is 2.33. The van der Waals surface area contributed by atoms with E-state index in [1.807, 2.05) is 37.8 Å². The molecule has 0 aromatic heterocycles. The zero-order valence-electron chi connectivity index (χ0n) is 19.6. The Bertz CT molecular complexity index is 869. The van der Waals surface area contributed by atoms with Crippen LogP contribution in [-0.4, -0.2) is 86.5 Å². The Kier molecular flexibility index (Phi) is 7.78. The van der Waals surface area contributed by atoms with Gasteiger partial charge >= 0.3 is 0 Å². The lowest BCUT2D eigenvalue weighted by molar-refractivity contribution is -0.138. The number of carbonyl (C=O) groups excluding carboxylic acids is 1. The smallest absolute Gasteiger partial charge is 0.248 e. The third kappa shape index (κ3) is 5.48. The molecular weight excluding hydrogens is 414 g/mol. The first kappa shape index (κ1) is 24.2. The van der Waals surface area contributed by atoms with Gasteiger partial charge in [0.1, 0.15) is 6.61 Å². The fourth-order valence-electron chi connectivity index (χ4n) is 4.84. The third-order valence-electron chi connectivity index (χ3n) is 6.43. The Hall–Kier alpha value is -1.48. The fourth-order valence-corrected chi connectivity index (χ4v) is 6.94. The van der Waals surface area contributed by atoms with Crippen LogP contribution in [0.5, 0.6) is 0 Å². The van der Waals surface area contributed by atoms with Crippen LogP contribution < -0.4 is 0 Å². The van der Waals surface area contributed by atoms with Gasteiger partial charge in [0.25, 0.3) is 0 Å². The van der Waals surface area contributed by atoms with Gasteiger partial charge in [0.05, 0.1) is 11.5 Å². The topological polar surface area (TPSA) is 70.2 Å². The van der Waals surface area contributed by atoms with Crippen LogP contribution in [0.25, 0.3) is 0 Å². The quantitative estimate of drug-likeness (QED) is 0.636. The number of sulfonamides is 1. The molecule has 0 saturated carbocycles. The van der Waals surface area contributed by atoms with E-state index in [1.54, 1.807) is 4.31 Å². The van der Waals surface area contributed by atoms with Gasteiger partial charge < -0.3 is 9.64 Å². The van der Waals surface area contributed by atoms with Crippen LogP contribution in [-0.2, 0) is 19.6 Å². The van der Waals surface area contributed by atoms with E-state index in [1.165, 1.54) is 0 Å². The molecule has 2 heterocycles. The lowest BCUT2D eigenvalue weighted by Crippen LogP contribution is -2.51. The molecule has 0 aliphatic carbocycles. The summed E-state index contributed by atoms with van der Waals surface area (Å²) in [5.41, 5.74) is 2.61. The van der Waals surface area contributed by atoms with Crippen molar-refractivity contribution in [2.24, 2.45) is 0 Å². The predicted molar refractivity (Wildman–Crippen MR) is 122 cm³/mol. The maximum atomic E-state index is 13.4. The highest BCUT2D eigenvalue weighted by atomic mass is 32.2. The van der Waals surface area contributed by atoms with E-state index >= 15 is 0 Å². The van der Waals surface area contributed by atoms with Crippen LogP contribution in [0.4, 0.5) is 0 Å². The van der Waals surface area contributed by atoms with Crippen LogP contribution in [0.3, 0.4) is 0 Å². The standard InChI is InChI=1S/C23H37N3O4S/c1-17(2)24-9-11-25(12-10-24)22(27)16-30-15-21-7-6-8-26(21)31(28,29)23-19(4)13-18(3)14-20(23)5/h13-14,17,21H,6-12,15-16H2,1-5H3/t21-/m1/s1. The van der Waals surface area contributed by atoms with Crippen molar-refractivity contribution in [3.05, 3.63) is 28.8 Å². The normalized spacial score (nSPS) is 21.2. The molecule has 8 heteroatoms. The molecule has 0 bridgehead atoms. The minimum Gasteiger partial charge on any atom is -0.370 e. The van der Waals surface area contributed by atoms with E-state index in [0.29, 0.717) is 17.5 Å². The molecule has 2 saturated heterocycles. The van der Waals surface area contributed by atoms with Gasteiger partial charge in [-0.25, -0.2) is 8.42 Å². The monoisotopic (exact) mass is 451 g/mol. The van der Waals surface area contributed by atoms with Crippen molar-refractivity contribution in [1.29, 1.82) is 0 Å². The number of rotatable bonds is 7. The first-order valence-corrected chi connectivity index (χ1v) is 12.7. The number of amides is 1. The van der Waals surface area contributed by atoms with E-state index < -0.39 is 10.0 Å². The van der Waals surface area contributed by atoms with Crippen LogP contribution in [0.1, 0.15) is 43.4 Å². The van der Waals surface area contributed by atoms with Gasteiger partial charge in [0, 0.05) is 44.8 Å². The van der Waals surface area contributed by atoms with Gasteiger partial charge in [-0.3, -0.25) is 9.69 Å². The van der Waals surface area contributed by atoms with Gasteiger partial charge in [0.2, 0.25) is 15.9 Å². The van der Waals surface area contributed by atoms with Crippen molar-refractivity contribution in [2.75, 3.05) is 45.9 Å². The molecule has 1 amide bonds. The zero-order valence-corrected chi connectivity index (χ0v) is 20.4. The lowest BCUT2D eigenvalue weighted by Gasteiger charge is -2.37.